The molecule has 0 unspecified atom stereocenters. The van der Waals surface area contributed by atoms with Gasteiger partial charge in [-0.3, -0.25) is 9.69 Å². The van der Waals surface area contributed by atoms with Crippen LogP contribution in [0.4, 0.5) is 5.13 Å². The molecule has 5 nitrogen and oxygen atoms in total. The number of thiophene rings is 2. The fourth-order valence-corrected chi connectivity index (χ4v) is 5.98. The van der Waals surface area contributed by atoms with E-state index in [1.54, 1.807) is 46.3 Å². The molecule has 0 atom stereocenters. The summed E-state index contributed by atoms with van der Waals surface area (Å²) in [6.45, 7) is 4.15. The zero-order chi connectivity index (χ0) is 19.5. The van der Waals surface area contributed by atoms with E-state index in [1.165, 1.54) is 16.2 Å². The van der Waals surface area contributed by atoms with Crippen molar-refractivity contribution in [2.24, 2.45) is 0 Å². The number of rotatable bonds is 7. The van der Waals surface area contributed by atoms with E-state index in [1.807, 2.05) is 18.4 Å². The Morgan fingerprint density at radius 3 is 2.54 bits per heavy atom. The van der Waals surface area contributed by atoms with E-state index in [-0.39, 0.29) is 5.91 Å². The average molecular weight is 447 g/mol. The summed E-state index contributed by atoms with van der Waals surface area (Å²) in [5.74, 6) is 0.719. The van der Waals surface area contributed by atoms with Crippen LogP contribution in [0.25, 0.3) is 21.1 Å². The van der Waals surface area contributed by atoms with Gasteiger partial charge in [0.15, 0.2) is 10.3 Å². The minimum atomic E-state index is 0.0169. The van der Waals surface area contributed by atoms with Crippen LogP contribution in [0.1, 0.15) is 19.5 Å². The fraction of sp³-hybridized carbons (Fsp3) is 0.211. The first-order valence-electron chi connectivity index (χ1n) is 8.68. The topological polar surface area (TPSA) is 61.9 Å². The maximum atomic E-state index is 11.7. The number of nitrogens with one attached hydrogen (secondary N) is 1. The first-order chi connectivity index (χ1) is 13.7. The zero-order valence-electron chi connectivity index (χ0n) is 15.3. The van der Waals surface area contributed by atoms with Gasteiger partial charge < -0.3 is 4.98 Å². The normalized spacial score (nSPS) is 11.1. The minimum Gasteiger partial charge on any atom is -0.332 e. The first-order valence-corrected chi connectivity index (χ1v) is 12.3. The van der Waals surface area contributed by atoms with Gasteiger partial charge in [-0.2, -0.15) is 0 Å². The molecule has 0 saturated heterocycles. The van der Waals surface area contributed by atoms with Crippen LogP contribution >= 0.6 is 45.8 Å². The summed E-state index contributed by atoms with van der Waals surface area (Å²) in [7, 11) is 0. The third-order valence-corrected chi connectivity index (χ3v) is 7.61. The number of aromatic amines is 1. The number of thiazole rings is 1. The number of imidazole rings is 1. The number of hydrogen-bond donors (Lipinski definition) is 1. The third kappa shape index (κ3) is 4.07. The van der Waals surface area contributed by atoms with Gasteiger partial charge in [0.05, 0.1) is 21.1 Å². The molecule has 144 valence electrons. The molecule has 0 aromatic carbocycles. The summed E-state index contributed by atoms with van der Waals surface area (Å²) in [5.41, 5.74) is 3.01. The lowest BCUT2D eigenvalue weighted by Crippen LogP contribution is -2.27. The van der Waals surface area contributed by atoms with E-state index in [9.17, 15) is 4.79 Å². The summed E-state index contributed by atoms with van der Waals surface area (Å²) in [6, 6.07) is 8.31. The molecule has 28 heavy (non-hydrogen) atoms. The van der Waals surface area contributed by atoms with Crippen LogP contribution < -0.4 is 4.90 Å². The Balaban J connectivity index is 1.54. The molecule has 0 aliphatic rings. The van der Waals surface area contributed by atoms with Crippen LogP contribution in [-0.2, 0) is 10.5 Å². The van der Waals surface area contributed by atoms with Crippen LogP contribution in [0.5, 0.6) is 0 Å². The van der Waals surface area contributed by atoms with Gasteiger partial charge in [0.25, 0.3) is 0 Å². The summed E-state index contributed by atoms with van der Waals surface area (Å²) >= 11 is 6.53. The highest BCUT2D eigenvalue weighted by Crippen LogP contribution is 2.37. The number of thioether (sulfide) groups is 1. The number of anilines is 1. The lowest BCUT2D eigenvalue weighted by molar-refractivity contribution is -0.116. The highest BCUT2D eigenvalue weighted by Gasteiger charge is 2.17. The van der Waals surface area contributed by atoms with Gasteiger partial charge in [0.1, 0.15) is 5.69 Å². The van der Waals surface area contributed by atoms with Crippen molar-refractivity contribution in [3.05, 3.63) is 46.1 Å². The molecular formula is C19H18N4OS4. The van der Waals surface area contributed by atoms with Gasteiger partial charge >= 0.3 is 0 Å². The van der Waals surface area contributed by atoms with E-state index < -0.39 is 0 Å². The minimum absolute atomic E-state index is 0.0169. The van der Waals surface area contributed by atoms with Gasteiger partial charge in [0.2, 0.25) is 5.91 Å². The van der Waals surface area contributed by atoms with E-state index in [4.69, 9.17) is 4.98 Å². The molecule has 0 spiro atoms. The summed E-state index contributed by atoms with van der Waals surface area (Å²) < 4.78 is 0. The fourth-order valence-electron chi connectivity index (χ4n) is 2.73. The Morgan fingerprint density at radius 2 is 1.89 bits per heavy atom. The van der Waals surface area contributed by atoms with Gasteiger partial charge in [-0.1, -0.05) is 23.9 Å². The molecule has 1 amide bonds. The van der Waals surface area contributed by atoms with E-state index in [0.29, 0.717) is 12.3 Å². The van der Waals surface area contributed by atoms with Crippen molar-refractivity contribution in [2.45, 2.75) is 24.8 Å². The number of hydrogen-bond acceptors (Lipinski definition) is 7. The number of amides is 1. The van der Waals surface area contributed by atoms with Crippen LogP contribution in [-0.4, -0.2) is 27.4 Å². The smallest absolute Gasteiger partial charge is 0.225 e. The van der Waals surface area contributed by atoms with Crippen molar-refractivity contribution >= 4 is 56.8 Å². The highest BCUT2D eigenvalue weighted by molar-refractivity contribution is 7.98. The predicted octanol–water partition coefficient (Wildman–Crippen LogP) is 5.99. The lowest BCUT2D eigenvalue weighted by atomic mass is 10.2. The lowest BCUT2D eigenvalue weighted by Gasteiger charge is -2.14. The predicted molar refractivity (Wildman–Crippen MR) is 121 cm³/mol. The molecular weight excluding hydrogens is 429 g/mol. The summed E-state index contributed by atoms with van der Waals surface area (Å²) in [4.78, 5) is 28.7. The van der Waals surface area contributed by atoms with Crippen LogP contribution in [0.3, 0.4) is 0 Å². The summed E-state index contributed by atoms with van der Waals surface area (Å²) in [6.07, 6.45) is 0. The van der Waals surface area contributed by atoms with Crippen molar-refractivity contribution in [1.82, 2.24) is 15.0 Å². The molecule has 4 aromatic heterocycles. The number of H-pyrrole nitrogens is 1. The number of carbonyl (C=O) groups excluding carboxylic acids is 1. The van der Waals surface area contributed by atoms with Gasteiger partial charge in [-0.05, 0) is 29.8 Å². The molecule has 4 aromatic rings. The quantitative estimate of drug-likeness (QED) is 0.354. The van der Waals surface area contributed by atoms with Crippen LogP contribution in [0.15, 0.2) is 45.6 Å². The van der Waals surface area contributed by atoms with Gasteiger partial charge in [0, 0.05) is 24.6 Å². The Bertz CT molecular complexity index is 998. The Kier molecular flexibility index (Phi) is 5.96. The maximum absolute atomic E-state index is 11.7. The standard InChI is InChI=1S/C19H18N4OS4/c1-3-23(12(2)24)19-20-13(11-28-19)10-27-18-21-16(14-6-4-8-25-14)17(22-18)15-7-5-9-26-15/h4-9,11H,3,10H2,1-2H3,(H,21,22). The molecule has 0 saturated carbocycles. The molecule has 0 aliphatic carbocycles. The van der Waals surface area contributed by atoms with Crippen molar-refractivity contribution in [3.8, 4) is 21.1 Å². The van der Waals surface area contributed by atoms with Crippen LogP contribution in [0, 0.1) is 0 Å². The zero-order valence-corrected chi connectivity index (χ0v) is 18.6. The van der Waals surface area contributed by atoms with E-state index >= 15 is 0 Å². The van der Waals surface area contributed by atoms with Crippen molar-refractivity contribution in [2.75, 3.05) is 11.4 Å². The molecule has 0 aliphatic heterocycles. The Labute approximate surface area is 179 Å². The van der Waals surface area contributed by atoms with E-state index in [2.05, 4.69) is 38.9 Å². The summed E-state index contributed by atoms with van der Waals surface area (Å²) in [5, 5.41) is 7.79. The second kappa shape index (κ2) is 8.60. The molecule has 1 N–H and O–H groups in total. The Hall–Kier alpha value is -1.94. The maximum Gasteiger partial charge on any atom is 0.225 e. The highest BCUT2D eigenvalue weighted by atomic mass is 32.2. The van der Waals surface area contributed by atoms with Crippen molar-refractivity contribution in [3.63, 3.8) is 0 Å². The van der Waals surface area contributed by atoms with Crippen LogP contribution in [0.2, 0.25) is 0 Å². The molecule has 0 radical (unpaired) electrons. The third-order valence-electron chi connectivity index (χ3n) is 4.03. The van der Waals surface area contributed by atoms with Crippen molar-refractivity contribution in [1.29, 1.82) is 0 Å². The average Bonchev–Trinajstić information content (AvgIpc) is 3.47. The molecule has 0 fully saturated rings. The molecule has 0 bridgehead atoms. The largest absolute Gasteiger partial charge is 0.332 e. The Morgan fingerprint density at radius 1 is 1.14 bits per heavy atom. The van der Waals surface area contributed by atoms with Gasteiger partial charge in [-0.25, -0.2) is 9.97 Å². The van der Waals surface area contributed by atoms with Gasteiger partial charge in [-0.15, -0.1) is 34.0 Å². The SMILES string of the molecule is CCN(C(C)=O)c1nc(CSc2nc(-c3cccs3)c(-c3cccs3)[nH]2)cs1. The first kappa shape index (κ1) is 19.4. The number of aromatic nitrogens is 3. The number of carbonyl (C=O) groups is 1. The molecule has 4 heterocycles. The van der Waals surface area contributed by atoms with Crippen molar-refractivity contribution < 1.29 is 4.79 Å². The van der Waals surface area contributed by atoms with E-state index in [0.717, 1.165) is 32.2 Å². The second-order valence-corrected chi connectivity index (χ2v) is 9.59. The molecule has 4 rings (SSSR count). The monoisotopic (exact) mass is 446 g/mol. The number of nitrogens with zero attached hydrogens (tertiary/aromatic N) is 3. The second-order valence-electron chi connectivity index (χ2n) is 5.89. The molecule has 9 heteroatoms.